The molecule has 3 rings (SSSR count). The van der Waals surface area contributed by atoms with Crippen LogP contribution < -0.4 is 0 Å². The Morgan fingerprint density at radius 3 is 2.75 bits per heavy atom. The van der Waals surface area contributed by atoms with Crippen LogP contribution in [0.4, 0.5) is 0 Å². The van der Waals surface area contributed by atoms with E-state index < -0.39 is 0 Å². The fraction of sp³-hybridized carbons (Fsp3) is 0.375. The van der Waals surface area contributed by atoms with Crippen molar-refractivity contribution in [1.82, 2.24) is 14.8 Å². The second-order valence-corrected chi connectivity index (χ2v) is 4.95. The lowest BCUT2D eigenvalue weighted by Gasteiger charge is -2.07. The monoisotopic (exact) mass is 269 g/mol. The molecule has 0 aliphatic carbocycles. The Bertz CT molecular complexity index is 711. The van der Waals surface area contributed by atoms with E-state index in [1.807, 2.05) is 6.92 Å². The van der Waals surface area contributed by atoms with Crippen molar-refractivity contribution in [3.63, 3.8) is 0 Å². The summed E-state index contributed by atoms with van der Waals surface area (Å²) in [6.45, 7) is 5.19. The van der Waals surface area contributed by atoms with Gasteiger partial charge in [0, 0.05) is 23.9 Å². The molecule has 0 saturated carbocycles. The summed E-state index contributed by atoms with van der Waals surface area (Å²) in [6, 6.07) is 10.5. The molecule has 3 aromatic rings. The molecule has 4 heteroatoms. The predicted octanol–water partition coefficient (Wildman–Crippen LogP) is 4.05. The molecule has 0 radical (unpaired) electrons. The van der Waals surface area contributed by atoms with Crippen LogP contribution in [-0.2, 0) is 13.0 Å². The van der Waals surface area contributed by atoms with Crippen molar-refractivity contribution in [2.24, 2.45) is 0 Å². The molecule has 2 heterocycles. The van der Waals surface area contributed by atoms with Crippen molar-refractivity contribution in [2.45, 2.75) is 39.7 Å². The molecule has 0 spiro atoms. The number of fused-ring (bicyclic) bond motifs is 1. The Morgan fingerprint density at radius 1 is 1.15 bits per heavy atom. The van der Waals surface area contributed by atoms with E-state index in [4.69, 9.17) is 4.42 Å². The zero-order valence-corrected chi connectivity index (χ0v) is 12.0. The number of benzene rings is 1. The predicted molar refractivity (Wildman–Crippen MR) is 79.5 cm³/mol. The van der Waals surface area contributed by atoms with Crippen LogP contribution in [-0.4, -0.2) is 14.8 Å². The van der Waals surface area contributed by atoms with Gasteiger partial charge in [-0.05, 0) is 18.6 Å². The van der Waals surface area contributed by atoms with Crippen LogP contribution in [0.1, 0.15) is 32.6 Å². The highest BCUT2D eigenvalue weighted by molar-refractivity contribution is 5.85. The van der Waals surface area contributed by atoms with Gasteiger partial charge in [-0.25, -0.2) is 0 Å². The van der Waals surface area contributed by atoms with Crippen molar-refractivity contribution < 1.29 is 4.42 Å². The number of hydrogen-bond donors (Lipinski definition) is 0. The van der Waals surface area contributed by atoms with E-state index in [9.17, 15) is 0 Å². The van der Waals surface area contributed by atoms with Gasteiger partial charge in [0.15, 0.2) is 0 Å². The van der Waals surface area contributed by atoms with Gasteiger partial charge in [0.25, 0.3) is 5.89 Å². The summed E-state index contributed by atoms with van der Waals surface area (Å²) >= 11 is 0. The van der Waals surface area contributed by atoms with Crippen molar-refractivity contribution in [2.75, 3.05) is 0 Å². The molecule has 0 amide bonds. The van der Waals surface area contributed by atoms with Crippen LogP contribution in [0.3, 0.4) is 0 Å². The Hall–Kier alpha value is -2.10. The molecule has 104 valence electrons. The maximum Gasteiger partial charge on any atom is 0.264 e. The van der Waals surface area contributed by atoms with Crippen molar-refractivity contribution >= 4 is 10.9 Å². The minimum Gasteiger partial charge on any atom is -0.419 e. The van der Waals surface area contributed by atoms with Crippen LogP contribution in [0.15, 0.2) is 34.7 Å². The van der Waals surface area contributed by atoms with Crippen LogP contribution in [0.5, 0.6) is 0 Å². The first-order valence-electron chi connectivity index (χ1n) is 7.24. The zero-order valence-electron chi connectivity index (χ0n) is 12.0. The molecule has 0 aliphatic heterocycles. The van der Waals surface area contributed by atoms with Crippen LogP contribution in [0.25, 0.3) is 22.5 Å². The number of nitrogens with zero attached hydrogens (tertiary/aromatic N) is 3. The first kappa shape index (κ1) is 12.9. The highest BCUT2D eigenvalue weighted by Gasteiger charge is 2.15. The summed E-state index contributed by atoms with van der Waals surface area (Å²) in [5.74, 6) is 1.31. The van der Waals surface area contributed by atoms with Crippen LogP contribution in [0.2, 0.25) is 0 Å². The lowest BCUT2D eigenvalue weighted by atomic mass is 10.2. The first-order valence-corrected chi connectivity index (χ1v) is 7.24. The largest absolute Gasteiger partial charge is 0.419 e. The molecule has 0 atom stereocenters. The van der Waals surface area contributed by atoms with Gasteiger partial charge in [-0.2, -0.15) is 0 Å². The van der Waals surface area contributed by atoms with E-state index in [1.165, 1.54) is 10.9 Å². The van der Waals surface area contributed by atoms with Crippen molar-refractivity contribution in [3.8, 4) is 11.6 Å². The van der Waals surface area contributed by atoms with Gasteiger partial charge in [-0.3, -0.25) is 0 Å². The third kappa shape index (κ3) is 2.22. The van der Waals surface area contributed by atoms with Crippen LogP contribution >= 0.6 is 0 Å². The van der Waals surface area contributed by atoms with Gasteiger partial charge in [0.1, 0.15) is 5.69 Å². The minimum absolute atomic E-state index is 0.620. The average Bonchev–Trinajstić information content (AvgIpc) is 3.09. The van der Waals surface area contributed by atoms with Gasteiger partial charge in [0.05, 0.1) is 0 Å². The third-order valence-electron chi connectivity index (χ3n) is 3.53. The fourth-order valence-electron chi connectivity index (χ4n) is 2.44. The number of rotatable bonds is 5. The van der Waals surface area contributed by atoms with Gasteiger partial charge < -0.3 is 8.98 Å². The Kier molecular flexibility index (Phi) is 3.54. The molecule has 4 nitrogen and oxygen atoms in total. The summed E-state index contributed by atoms with van der Waals surface area (Å²) in [5, 5.41) is 9.47. The molecule has 1 aromatic carbocycles. The maximum absolute atomic E-state index is 5.73. The molecule has 20 heavy (non-hydrogen) atoms. The van der Waals surface area contributed by atoms with E-state index in [1.54, 1.807) is 0 Å². The molecular formula is C16H19N3O. The number of para-hydroxylation sites is 1. The molecule has 0 unspecified atom stereocenters. The van der Waals surface area contributed by atoms with E-state index in [0.717, 1.165) is 31.5 Å². The molecule has 2 aromatic heterocycles. The van der Waals surface area contributed by atoms with E-state index in [-0.39, 0.29) is 0 Å². The maximum atomic E-state index is 5.73. The van der Waals surface area contributed by atoms with E-state index in [0.29, 0.717) is 11.8 Å². The number of aryl methyl sites for hydroxylation is 2. The Labute approximate surface area is 118 Å². The standard InChI is InChI=1S/C16H19N3O/c1-3-5-10-19-13-9-7-6-8-12(13)11-14(19)16-18-17-15(4-2)20-16/h6-9,11H,3-5,10H2,1-2H3. The molecule has 0 saturated heterocycles. The van der Waals surface area contributed by atoms with E-state index in [2.05, 4.69) is 52.0 Å². The average molecular weight is 269 g/mol. The van der Waals surface area contributed by atoms with Gasteiger partial charge >= 0.3 is 0 Å². The Morgan fingerprint density at radius 2 is 2.00 bits per heavy atom. The third-order valence-corrected chi connectivity index (χ3v) is 3.53. The molecule has 0 N–H and O–H groups in total. The zero-order chi connectivity index (χ0) is 13.9. The lowest BCUT2D eigenvalue weighted by Crippen LogP contribution is -1.99. The summed E-state index contributed by atoms with van der Waals surface area (Å²) in [6.07, 6.45) is 3.07. The molecule has 0 fully saturated rings. The van der Waals surface area contributed by atoms with Crippen molar-refractivity contribution in [3.05, 3.63) is 36.2 Å². The summed E-state index contributed by atoms with van der Waals surface area (Å²) in [5.41, 5.74) is 2.25. The second kappa shape index (κ2) is 5.49. The highest BCUT2D eigenvalue weighted by Crippen LogP contribution is 2.28. The number of hydrogen-bond acceptors (Lipinski definition) is 3. The number of unbranched alkanes of at least 4 members (excludes halogenated alkanes) is 1. The van der Waals surface area contributed by atoms with Gasteiger partial charge in [-0.1, -0.05) is 38.5 Å². The Balaban J connectivity index is 2.12. The summed E-state index contributed by atoms with van der Waals surface area (Å²) in [7, 11) is 0. The molecule has 0 bridgehead atoms. The molecule has 0 aliphatic rings. The highest BCUT2D eigenvalue weighted by atomic mass is 16.4. The second-order valence-electron chi connectivity index (χ2n) is 4.95. The molecular weight excluding hydrogens is 250 g/mol. The van der Waals surface area contributed by atoms with Gasteiger partial charge in [-0.15, -0.1) is 10.2 Å². The SMILES string of the molecule is CCCCn1c(-c2nnc(CC)o2)cc2ccccc21. The van der Waals surface area contributed by atoms with Gasteiger partial charge in [0.2, 0.25) is 5.89 Å². The normalized spacial score (nSPS) is 11.3. The topological polar surface area (TPSA) is 43.9 Å². The van der Waals surface area contributed by atoms with E-state index >= 15 is 0 Å². The summed E-state index contributed by atoms with van der Waals surface area (Å²) < 4.78 is 8.01. The number of aromatic nitrogens is 3. The quantitative estimate of drug-likeness (QED) is 0.701. The van der Waals surface area contributed by atoms with Crippen molar-refractivity contribution in [1.29, 1.82) is 0 Å². The fourth-order valence-corrected chi connectivity index (χ4v) is 2.44. The smallest absolute Gasteiger partial charge is 0.264 e. The first-order chi connectivity index (χ1) is 9.83. The van der Waals surface area contributed by atoms with Crippen LogP contribution in [0, 0.1) is 0 Å². The lowest BCUT2D eigenvalue weighted by molar-refractivity contribution is 0.506. The summed E-state index contributed by atoms with van der Waals surface area (Å²) in [4.78, 5) is 0. The minimum atomic E-state index is 0.620.